The standard InChI is InChI=1S/C15H33N3/c1-13(2)10-16-11-15(5)12-17-6-8-18(9-7-17)14(3)4/h13-16H,6-12H2,1-5H3. The first-order valence-corrected chi connectivity index (χ1v) is 7.66. The summed E-state index contributed by atoms with van der Waals surface area (Å²) in [4.78, 5) is 5.21. The van der Waals surface area contributed by atoms with Crippen LogP contribution < -0.4 is 5.32 Å². The van der Waals surface area contributed by atoms with Crippen molar-refractivity contribution in [2.24, 2.45) is 11.8 Å². The molecule has 3 nitrogen and oxygen atoms in total. The Morgan fingerprint density at radius 3 is 2.00 bits per heavy atom. The van der Waals surface area contributed by atoms with E-state index in [0.717, 1.165) is 24.9 Å². The highest BCUT2D eigenvalue weighted by atomic mass is 15.3. The van der Waals surface area contributed by atoms with Gasteiger partial charge in [0.1, 0.15) is 0 Å². The summed E-state index contributed by atoms with van der Waals surface area (Å²) in [6, 6.07) is 0.706. The smallest absolute Gasteiger partial charge is 0.0113 e. The van der Waals surface area contributed by atoms with Gasteiger partial charge in [0.2, 0.25) is 0 Å². The molecule has 1 rings (SSSR count). The molecule has 0 bridgehead atoms. The lowest BCUT2D eigenvalue weighted by atomic mass is 10.1. The summed E-state index contributed by atoms with van der Waals surface area (Å²) in [5.74, 6) is 1.51. The van der Waals surface area contributed by atoms with Gasteiger partial charge in [-0.15, -0.1) is 0 Å². The van der Waals surface area contributed by atoms with E-state index in [2.05, 4.69) is 49.7 Å². The molecule has 0 spiro atoms. The van der Waals surface area contributed by atoms with Crippen LogP contribution in [0, 0.1) is 11.8 Å². The number of nitrogens with zero attached hydrogens (tertiary/aromatic N) is 2. The summed E-state index contributed by atoms with van der Waals surface area (Å²) in [6.07, 6.45) is 0. The van der Waals surface area contributed by atoms with E-state index in [1.54, 1.807) is 0 Å². The van der Waals surface area contributed by atoms with Gasteiger partial charge < -0.3 is 10.2 Å². The molecule has 0 radical (unpaired) electrons. The van der Waals surface area contributed by atoms with Crippen LogP contribution in [-0.2, 0) is 0 Å². The fourth-order valence-electron chi connectivity index (χ4n) is 2.59. The quantitative estimate of drug-likeness (QED) is 0.749. The molecule has 1 saturated heterocycles. The van der Waals surface area contributed by atoms with Crippen LogP contribution in [0.25, 0.3) is 0 Å². The third-order valence-corrected chi connectivity index (χ3v) is 3.75. The maximum atomic E-state index is 3.56. The summed E-state index contributed by atoms with van der Waals surface area (Å²) in [7, 11) is 0. The molecule has 1 heterocycles. The number of piperazine rings is 1. The van der Waals surface area contributed by atoms with E-state index in [-0.39, 0.29) is 0 Å². The van der Waals surface area contributed by atoms with E-state index in [0.29, 0.717) is 6.04 Å². The SMILES string of the molecule is CC(C)CNCC(C)CN1CCN(C(C)C)CC1. The number of hydrogen-bond acceptors (Lipinski definition) is 3. The van der Waals surface area contributed by atoms with E-state index < -0.39 is 0 Å². The van der Waals surface area contributed by atoms with Crippen LogP contribution in [0.15, 0.2) is 0 Å². The Labute approximate surface area is 114 Å². The van der Waals surface area contributed by atoms with E-state index in [9.17, 15) is 0 Å². The molecule has 1 aliphatic heterocycles. The Kier molecular flexibility index (Phi) is 7.20. The monoisotopic (exact) mass is 255 g/mol. The van der Waals surface area contributed by atoms with Crippen molar-refractivity contribution in [1.29, 1.82) is 0 Å². The van der Waals surface area contributed by atoms with Gasteiger partial charge in [-0.3, -0.25) is 4.90 Å². The fraction of sp³-hybridized carbons (Fsp3) is 1.00. The normalized spacial score (nSPS) is 20.8. The first kappa shape index (κ1) is 15.9. The number of nitrogens with one attached hydrogen (secondary N) is 1. The molecular formula is C15H33N3. The van der Waals surface area contributed by atoms with Crippen molar-refractivity contribution in [1.82, 2.24) is 15.1 Å². The zero-order chi connectivity index (χ0) is 13.5. The first-order valence-electron chi connectivity index (χ1n) is 7.66. The summed E-state index contributed by atoms with van der Waals surface area (Å²) >= 11 is 0. The molecule has 1 atom stereocenters. The molecule has 1 fully saturated rings. The molecule has 18 heavy (non-hydrogen) atoms. The van der Waals surface area contributed by atoms with Crippen LogP contribution in [0.4, 0.5) is 0 Å². The fourth-order valence-corrected chi connectivity index (χ4v) is 2.59. The van der Waals surface area contributed by atoms with Crippen molar-refractivity contribution >= 4 is 0 Å². The van der Waals surface area contributed by atoms with Crippen LogP contribution in [0.5, 0.6) is 0 Å². The van der Waals surface area contributed by atoms with Crippen molar-refractivity contribution in [2.75, 3.05) is 45.8 Å². The molecule has 1 aliphatic rings. The zero-order valence-corrected chi connectivity index (χ0v) is 13.1. The van der Waals surface area contributed by atoms with Crippen LogP contribution in [0.3, 0.4) is 0 Å². The van der Waals surface area contributed by atoms with Crippen LogP contribution in [0.2, 0.25) is 0 Å². The average Bonchev–Trinajstić information content (AvgIpc) is 2.29. The second-order valence-corrected chi connectivity index (χ2v) is 6.59. The Balaban J connectivity index is 2.12. The highest BCUT2D eigenvalue weighted by Gasteiger charge is 2.19. The lowest BCUT2D eigenvalue weighted by Gasteiger charge is -2.38. The summed E-state index contributed by atoms with van der Waals surface area (Å²) < 4.78 is 0. The maximum Gasteiger partial charge on any atom is 0.0113 e. The van der Waals surface area contributed by atoms with Gasteiger partial charge in [-0.2, -0.15) is 0 Å². The van der Waals surface area contributed by atoms with Crippen molar-refractivity contribution < 1.29 is 0 Å². The van der Waals surface area contributed by atoms with Crippen molar-refractivity contribution in [3.8, 4) is 0 Å². The minimum absolute atomic E-state index is 0.706. The Morgan fingerprint density at radius 1 is 0.889 bits per heavy atom. The van der Waals surface area contributed by atoms with Crippen LogP contribution >= 0.6 is 0 Å². The molecule has 0 aliphatic carbocycles. The van der Waals surface area contributed by atoms with Gasteiger partial charge in [0.25, 0.3) is 0 Å². The van der Waals surface area contributed by atoms with E-state index >= 15 is 0 Å². The van der Waals surface area contributed by atoms with Crippen LogP contribution in [0.1, 0.15) is 34.6 Å². The highest BCUT2D eigenvalue weighted by Crippen LogP contribution is 2.08. The van der Waals surface area contributed by atoms with E-state index in [4.69, 9.17) is 0 Å². The Hall–Kier alpha value is -0.120. The number of rotatable bonds is 7. The van der Waals surface area contributed by atoms with Crippen molar-refractivity contribution in [3.63, 3.8) is 0 Å². The van der Waals surface area contributed by atoms with Crippen molar-refractivity contribution in [3.05, 3.63) is 0 Å². The largest absolute Gasteiger partial charge is 0.316 e. The second kappa shape index (κ2) is 8.13. The first-order chi connectivity index (χ1) is 8.49. The molecule has 1 unspecified atom stereocenters. The van der Waals surface area contributed by atoms with Gasteiger partial charge in [-0.25, -0.2) is 0 Å². The van der Waals surface area contributed by atoms with E-state index in [1.165, 1.54) is 32.7 Å². The van der Waals surface area contributed by atoms with Gasteiger partial charge >= 0.3 is 0 Å². The lowest BCUT2D eigenvalue weighted by Crippen LogP contribution is -2.50. The third kappa shape index (κ3) is 6.17. The van der Waals surface area contributed by atoms with Gasteiger partial charge in [0, 0.05) is 38.8 Å². The highest BCUT2D eigenvalue weighted by molar-refractivity contribution is 4.75. The zero-order valence-electron chi connectivity index (χ0n) is 13.1. The summed E-state index contributed by atoms with van der Waals surface area (Å²) in [6.45, 7) is 20.0. The molecule has 0 saturated carbocycles. The molecule has 0 aromatic carbocycles. The minimum atomic E-state index is 0.706. The molecular weight excluding hydrogens is 222 g/mol. The lowest BCUT2D eigenvalue weighted by molar-refractivity contribution is 0.0984. The predicted molar refractivity (Wildman–Crippen MR) is 80.0 cm³/mol. The predicted octanol–water partition coefficient (Wildman–Crippen LogP) is 1.89. The van der Waals surface area contributed by atoms with Gasteiger partial charge in [0.15, 0.2) is 0 Å². The van der Waals surface area contributed by atoms with Crippen molar-refractivity contribution in [2.45, 2.75) is 40.7 Å². The number of hydrogen-bond donors (Lipinski definition) is 1. The van der Waals surface area contributed by atoms with E-state index in [1.807, 2.05) is 0 Å². The Morgan fingerprint density at radius 2 is 1.50 bits per heavy atom. The molecule has 0 aromatic rings. The topological polar surface area (TPSA) is 18.5 Å². The Bertz CT molecular complexity index is 208. The summed E-state index contributed by atoms with van der Waals surface area (Å²) in [5.41, 5.74) is 0. The maximum absolute atomic E-state index is 3.56. The second-order valence-electron chi connectivity index (χ2n) is 6.59. The molecule has 0 aromatic heterocycles. The molecule has 108 valence electrons. The summed E-state index contributed by atoms with van der Waals surface area (Å²) in [5, 5.41) is 3.56. The van der Waals surface area contributed by atoms with Gasteiger partial charge in [0.05, 0.1) is 0 Å². The molecule has 3 heteroatoms. The minimum Gasteiger partial charge on any atom is -0.316 e. The molecule has 1 N–H and O–H groups in total. The van der Waals surface area contributed by atoms with Crippen LogP contribution in [-0.4, -0.2) is 61.7 Å². The van der Waals surface area contributed by atoms with Gasteiger partial charge in [-0.1, -0.05) is 20.8 Å². The molecule has 0 amide bonds. The third-order valence-electron chi connectivity index (χ3n) is 3.75. The average molecular weight is 255 g/mol. The van der Waals surface area contributed by atoms with Gasteiger partial charge in [-0.05, 0) is 38.8 Å².